The van der Waals surface area contributed by atoms with Crippen LogP contribution < -0.4 is 15.8 Å². The molecule has 0 spiro atoms. The topological polar surface area (TPSA) is 100 Å². The van der Waals surface area contributed by atoms with Gasteiger partial charge < -0.3 is 10.3 Å². The van der Waals surface area contributed by atoms with E-state index in [1.807, 2.05) is 0 Å². The second-order valence-electron chi connectivity index (χ2n) is 8.03. The lowest BCUT2D eigenvalue weighted by molar-refractivity contribution is -0.120. The fraction of sp³-hybridized carbons (Fsp3) is 0.304. The van der Waals surface area contributed by atoms with Gasteiger partial charge in [0.2, 0.25) is 0 Å². The van der Waals surface area contributed by atoms with Crippen molar-refractivity contribution in [1.29, 1.82) is 0 Å². The molecule has 1 aliphatic heterocycles. The van der Waals surface area contributed by atoms with E-state index >= 15 is 0 Å². The second kappa shape index (κ2) is 9.88. The Morgan fingerprint density at radius 3 is 2.33 bits per heavy atom. The van der Waals surface area contributed by atoms with E-state index in [9.17, 15) is 22.8 Å². The Hall–Kier alpha value is -2.98. The van der Waals surface area contributed by atoms with Crippen molar-refractivity contribution in [2.75, 3.05) is 5.75 Å². The lowest BCUT2D eigenvalue weighted by atomic mass is 9.78. The molecule has 10 heteroatoms. The Morgan fingerprint density at radius 1 is 1.03 bits per heavy atom. The highest BCUT2D eigenvalue weighted by molar-refractivity contribution is 7.97. The summed E-state index contributed by atoms with van der Waals surface area (Å²) in [6.45, 7) is 0. The van der Waals surface area contributed by atoms with Gasteiger partial charge in [-0.2, -0.15) is 0 Å². The molecule has 2 fully saturated rings. The molecular weight excluding hydrogens is 453 g/mol. The molecule has 3 amide bonds. The molecule has 6 nitrogen and oxygen atoms in total. The number of hydrogen-bond donors (Lipinski definition) is 4. The number of nitrogens with one attached hydrogen (secondary N) is 3. The molecule has 1 aromatic heterocycles. The van der Waals surface area contributed by atoms with Crippen LogP contribution in [0.1, 0.15) is 37.2 Å². The van der Waals surface area contributed by atoms with Gasteiger partial charge in [0.1, 0.15) is 23.5 Å². The number of carbonyl (C=O) groups is 2. The summed E-state index contributed by atoms with van der Waals surface area (Å²) in [6, 6.07) is 7.55. The number of urea groups is 1. The first-order valence-corrected chi connectivity index (χ1v) is 11.6. The van der Waals surface area contributed by atoms with Crippen LogP contribution in [0.25, 0.3) is 22.2 Å². The smallest absolute Gasteiger partial charge is 0.322 e. The van der Waals surface area contributed by atoms with Crippen molar-refractivity contribution >= 4 is 34.8 Å². The molecule has 1 aliphatic carbocycles. The molecule has 0 radical (unpaired) electrons. The number of halogens is 3. The molecule has 2 heterocycles. The fourth-order valence-electron chi connectivity index (χ4n) is 4.05. The van der Waals surface area contributed by atoms with Crippen LogP contribution in [0.3, 0.4) is 0 Å². The summed E-state index contributed by atoms with van der Waals surface area (Å²) in [5.74, 6) is -0.779. The van der Waals surface area contributed by atoms with E-state index in [4.69, 9.17) is 5.14 Å². The number of H-pyrrole nitrogens is 1. The van der Waals surface area contributed by atoms with Crippen LogP contribution in [0.4, 0.5) is 18.0 Å². The van der Waals surface area contributed by atoms with E-state index in [2.05, 4.69) is 15.6 Å². The normalized spacial score (nSPS) is 17.9. The van der Waals surface area contributed by atoms with Gasteiger partial charge in [-0.25, -0.2) is 18.0 Å². The molecule has 1 atom stereocenters. The molecule has 1 saturated carbocycles. The molecule has 33 heavy (non-hydrogen) atoms. The van der Waals surface area contributed by atoms with Gasteiger partial charge in [-0.1, -0.05) is 18.4 Å². The highest BCUT2D eigenvalue weighted by Crippen LogP contribution is 2.45. The molecule has 2 aliphatic rings. The molecule has 1 unspecified atom stereocenters. The average Bonchev–Trinajstić information content (AvgIpc) is 3.26. The predicted molar refractivity (Wildman–Crippen MR) is 122 cm³/mol. The first-order chi connectivity index (χ1) is 15.9. The molecule has 3 aromatic rings. The summed E-state index contributed by atoms with van der Waals surface area (Å²) in [4.78, 5) is 24.5. The Morgan fingerprint density at radius 2 is 1.76 bits per heavy atom. The predicted octanol–water partition coefficient (Wildman–Crippen LogP) is 4.71. The number of amides is 3. The zero-order chi connectivity index (χ0) is 23.5. The lowest BCUT2D eigenvalue weighted by Crippen LogP contribution is -2.29. The number of aromatic nitrogens is 1. The summed E-state index contributed by atoms with van der Waals surface area (Å²) in [5, 5.41) is 10.4. The SMILES string of the molecule is Fc1ccc(-c2[nH]c3c(F)cc(F)cc3c2C2CCC2)cc1.NSCCC1NC(=O)NC1=O. The fourth-order valence-corrected chi connectivity index (χ4v) is 4.43. The summed E-state index contributed by atoms with van der Waals surface area (Å²) in [5.41, 5.74) is 2.83. The minimum Gasteiger partial charge on any atom is -0.352 e. The second-order valence-corrected chi connectivity index (χ2v) is 8.77. The largest absolute Gasteiger partial charge is 0.352 e. The van der Waals surface area contributed by atoms with Gasteiger partial charge in [-0.15, -0.1) is 0 Å². The summed E-state index contributed by atoms with van der Waals surface area (Å²) < 4.78 is 40.8. The van der Waals surface area contributed by atoms with Crippen molar-refractivity contribution in [2.24, 2.45) is 5.14 Å². The number of benzene rings is 2. The first-order valence-electron chi connectivity index (χ1n) is 10.6. The number of aromatic amines is 1. The number of nitrogens with two attached hydrogens (primary N) is 1. The van der Waals surface area contributed by atoms with Crippen molar-refractivity contribution in [3.05, 3.63) is 59.4 Å². The molecule has 0 bridgehead atoms. The maximum Gasteiger partial charge on any atom is 0.322 e. The van der Waals surface area contributed by atoms with Gasteiger partial charge >= 0.3 is 6.03 Å². The minimum absolute atomic E-state index is 0.260. The zero-order valence-corrected chi connectivity index (χ0v) is 18.4. The van der Waals surface area contributed by atoms with Crippen molar-refractivity contribution in [2.45, 2.75) is 37.6 Å². The van der Waals surface area contributed by atoms with Gasteiger partial charge in [0.25, 0.3) is 5.91 Å². The van der Waals surface area contributed by atoms with E-state index in [0.29, 0.717) is 29.0 Å². The van der Waals surface area contributed by atoms with E-state index in [1.54, 1.807) is 12.1 Å². The van der Waals surface area contributed by atoms with Crippen LogP contribution in [0.5, 0.6) is 0 Å². The van der Waals surface area contributed by atoms with Crippen LogP contribution in [0, 0.1) is 17.5 Å². The van der Waals surface area contributed by atoms with Gasteiger partial charge in [0, 0.05) is 17.2 Å². The van der Waals surface area contributed by atoms with Crippen LogP contribution in [0.2, 0.25) is 0 Å². The third-order valence-electron chi connectivity index (χ3n) is 5.89. The molecule has 5 N–H and O–H groups in total. The van der Waals surface area contributed by atoms with Gasteiger partial charge in [0.15, 0.2) is 0 Å². The Kier molecular flexibility index (Phi) is 6.94. The number of rotatable bonds is 5. The Labute approximate surface area is 192 Å². The maximum atomic E-state index is 14.1. The van der Waals surface area contributed by atoms with Crippen molar-refractivity contribution in [3.8, 4) is 11.3 Å². The number of carbonyl (C=O) groups excluding carboxylic acids is 2. The first kappa shape index (κ1) is 23.2. The van der Waals surface area contributed by atoms with Crippen LogP contribution >= 0.6 is 11.9 Å². The molecule has 5 rings (SSSR count). The monoisotopic (exact) mass is 476 g/mol. The third kappa shape index (κ3) is 5.01. The van der Waals surface area contributed by atoms with Crippen LogP contribution in [0.15, 0.2) is 36.4 Å². The zero-order valence-electron chi connectivity index (χ0n) is 17.6. The van der Waals surface area contributed by atoms with Crippen LogP contribution in [-0.2, 0) is 4.79 Å². The van der Waals surface area contributed by atoms with E-state index in [-0.39, 0.29) is 11.7 Å². The maximum absolute atomic E-state index is 14.1. The van der Waals surface area contributed by atoms with E-state index < -0.39 is 23.7 Å². The van der Waals surface area contributed by atoms with Gasteiger partial charge in [-0.05, 0) is 66.6 Å². The summed E-state index contributed by atoms with van der Waals surface area (Å²) in [6.07, 6.45) is 3.73. The average molecular weight is 477 g/mol. The van der Waals surface area contributed by atoms with Gasteiger partial charge in [-0.3, -0.25) is 15.3 Å². The van der Waals surface area contributed by atoms with Gasteiger partial charge in [0.05, 0.1) is 11.2 Å². The lowest BCUT2D eigenvalue weighted by Gasteiger charge is -2.26. The summed E-state index contributed by atoms with van der Waals surface area (Å²) in [7, 11) is 0. The summed E-state index contributed by atoms with van der Waals surface area (Å²) >= 11 is 1.16. The van der Waals surface area contributed by atoms with E-state index in [0.717, 1.165) is 54.1 Å². The molecule has 2 aromatic carbocycles. The van der Waals surface area contributed by atoms with Crippen molar-refractivity contribution < 1.29 is 22.8 Å². The number of hydrogen-bond acceptors (Lipinski definition) is 4. The molecule has 1 saturated heterocycles. The number of fused-ring (bicyclic) bond motifs is 1. The minimum atomic E-state index is -0.594. The van der Waals surface area contributed by atoms with Crippen molar-refractivity contribution in [3.63, 3.8) is 0 Å². The van der Waals surface area contributed by atoms with E-state index in [1.165, 1.54) is 18.2 Å². The van der Waals surface area contributed by atoms with Crippen LogP contribution in [-0.4, -0.2) is 28.7 Å². The standard InChI is InChI=1S/C18H14F3N.C5H9N3O2S/c19-12-6-4-11(5-7-12)17-16(10-2-1-3-10)14-8-13(20)9-15(21)18(14)22-17;6-11-2-1-3-4(9)8-5(10)7-3/h4-10,22H,1-3H2;3H,1-2,6H2,(H2,7,8,9,10). The molecule has 174 valence electrons. The van der Waals surface area contributed by atoms with Crippen molar-refractivity contribution in [1.82, 2.24) is 15.6 Å². The highest BCUT2D eigenvalue weighted by Gasteiger charge is 2.29. The highest BCUT2D eigenvalue weighted by atomic mass is 32.2. The Bertz CT molecular complexity index is 1180. The quantitative estimate of drug-likeness (QED) is 0.317. The molecular formula is C23H23F3N4O2S. The third-order valence-corrected chi connectivity index (χ3v) is 6.37. The Balaban J connectivity index is 0.000000200. The number of imide groups is 1.